The number of nitrogens with zero attached hydrogens (tertiary/aromatic N) is 5. The third kappa shape index (κ3) is 3.15. The molecule has 148 valence electrons. The SMILES string of the molecule is Cc1nn(C)c2nc(-c3ccco3)cc(C(=O)Nc3nnc(-c4ccccc4)s3)c12. The van der Waals surface area contributed by atoms with Crippen LogP contribution in [0.5, 0.6) is 0 Å². The number of fused-ring (bicyclic) bond motifs is 1. The van der Waals surface area contributed by atoms with Crippen LogP contribution in [0.2, 0.25) is 0 Å². The van der Waals surface area contributed by atoms with Crippen molar-refractivity contribution >= 4 is 33.4 Å². The van der Waals surface area contributed by atoms with Crippen LogP contribution in [0.4, 0.5) is 5.13 Å². The van der Waals surface area contributed by atoms with Crippen molar-refractivity contribution in [2.75, 3.05) is 5.32 Å². The second-order valence-electron chi connectivity index (χ2n) is 6.67. The van der Waals surface area contributed by atoms with Crippen LogP contribution in [0.25, 0.3) is 33.1 Å². The normalized spacial score (nSPS) is 11.1. The molecule has 8 nitrogen and oxygen atoms in total. The van der Waals surface area contributed by atoms with Crippen molar-refractivity contribution in [1.29, 1.82) is 0 Å². The van der Waals surface area contributed by atoms with Gasteiger partial charge in [-0.05, 0) is 25.1 Å². The highest BCUT2D eigenvalue weighted by molar-refractivity contribution is 7.18. The van der Waals surface area contributed by atoms with Crippen LogP contribution in [0, 0.1) is 6.92 Å². The van der Waals surface area contributed by atoms with Gasteiger partial charge in [0.1, 0.15) is 10.7 Å². The number of anilines is 1. The summed E-state index contributed by atoms with van der Waals surface area (Å²) in [5.74, 6) is 0.272. The molecule has 1 amide bonds. The molecule has 0 aliphatic heterocycles. The number of nitrogens with one attached hydrogen (secondary N) is 1. The van der Waals surface area contributed by atoms with Gasteiger partial charge in [0.15, 0.2) is 11.4 Å². The zero-order chi connectivity index (χ0) is 20.7. The molecule has 4 heterocycles. The maximum absolute atomic E-state index is 13.2. The Morgan fingerprint density at radius 1 is 1.13 bits per heavy atom. The van der Waals surface area contributed by atoms with Gasteiger partial charge in [0, 0.05) is 12.6 Å². The first-order valence-corrected chi connectivity index (χ1v) is 10.0. The number of pyridine rings is 1. The van der Waals surface area contributed by atoms with Crippen molar-refractivity contribution in [3.63, 3.8) is 0 Å². The van der Waals surface area contributed by atoms with Crippen LogP contribution in [0.1, 0.15) is 16.1 Å². The Morgan fingerprint density at radius 3 is 2.73 bits per heavy atom. The number of amides is 1. The van der Waals surface area contributed by atoms with Crippen molar-refractivity contribution in [3.05, 3.63) is 66.1 Å². The van der Waals surface area contributed by atoms with Crippen molar-refractivity contribution < 1.29 is 9.21 Å². The van der Waals surface area contributed by atoms with Crippen molar-refractivity contribution in [2.45, 2.75) is 6.92 Å². The number of benzene rings is 1. The molecule has 9 heteroatoms. The van der Waals surface area contributed by atoms with Gasteiger partial charge in [-0.3, -0.25) is 14.8 Å². The molecule has 30 heavy (non-hydrogen) atoms. The van der Waals surface area contributed by atoms with Gasteiger partial charge in [0.25, 0.3) is 5.91 Å². The molecule has 0 aliphatic rings. The fraction of sp³-hybridized carbons (Fsp3) is 0.0952. The molecule has 0 unspecified atom stereocenters. The zero-order valence-electron chi connectivity index (χ0n) is 16.2. The van der Waals surface area contributed by atoms with Crippen LogP contribution in [0.3, 0.4) is 0 Å². The minimum absolute atomic E-state index is 0.304. The third-order valence-electron chi connectivity index (χ3n) is 4.65. The van der Waals surface area contributed by atoms with E-state index < -0.39 is 0 Å². The smallest absolute Gasteiger partial charge is 0.258 e. The molecule has 5 rings (SSSR count). The average molecular weight is 416 g/mol. The van der Waals surface area contributed by atoms with Gasteiger partial charge in [-0.1, -0.05) is 41.7 Å². The lowest BCUT2D eigenvalue weighted by molar-refractivity contribution is 0.102. The molecule has 0 saturated heterocycles. The van der Waals surface area contributed by atoms with Crippen LogP contribution >= 0.6 is 11.3 Å². The van der Waals surface area contributed by atoms with E-state index in [1.54, 1.807) is 36.2 Å². The topological polar surface area (TPSA) is 98.7 Å². The Balaban J connectivity index is 1.54. The maximum atomic E-state index is 13.2. The molecule has 0 saturated carbocycles. The largest absolute Gasteiger partial charge is 0.463 e. The summed E-state index contributed by atoms with van der Waals surface area (Å²) in [5.41, 5.74) is 3.29. The molecule has 0 bridgehead atoms. The fourth-order valence-electron chi connectivity index (χ4n) is 3.31. The first-order chi connectivity index (χ1) is 14.6. The van der Waals surface area contributed by atoms with E-state index in [-0.39, 0.29) is 5.91 Å². The number of carbonyl (C=O) groups excluding carboxylic acids is 1. The number of carbonyl (C=O) groups is 1. The highest BCUT2D eigenvalue weighted by Gasteiger charge is 2.21. The monoisotopic (exact) mass is 416 g/mol. The minimum atomic E-state index is -0.304. The Bertz CT molecular complexity index is 1360. The van der Waals surface area contributed by atoms with Gasteiger partial charge >= 0.3 is 0 Å². The first-order valence-electron chi connectivity index (χ1n) is 9.18. The standard InChI is InChI=1S/C21H16N6O2S/c1-12-17-14(11-15(16-9-6-10-29-16)22-18(17)27(2)26-12)19(28)23-21-25-24-20(30-21)13-7-4-3-5-8-13/h3-11H,1-2H3,(H,23,25,28). The van der Waals surface area contributed by atoms with Gasteiger partial charge < -0.3 is 4.42 Å². The van der Waals surface area contributed by atoms with Gasteiger partial charge in [-0.15, -0.1) is 10.2 Å². The van der Waals surface area contributed by atoms with Crippen molar-refractivity contribution in [3.8, 4) is 22.0 Å². The first kappa shape index (κ1) is 18.2. The van der Waals surface area contributed by atoms with Crippen LogP contribution in [-0.2, 0) is 7.05 Å². The van der Waals surface area contributed by atoms with E-state index in [0.29, 0.717) is 33.2 Å². The van der Waals surface area contributed by atoms with Gasteiger partial charge in [-0.25, -0.2) is 4.98 Å². The van der Waals surface area contributed by atoms with Gasteiger partial charge in [0.05, 0.1) is 22.9 Å². The Kier molecular flexibility index (Phi) is 4.36. The number of aryl methyl sites for hydroxylation is 2. The van der Waals surface area contributed by atoms with E-state index in [1.807, 2.05) is 37.3 Å². The zero-order valence-corrected chi connectivity index (χ0v) is 17.0. The molecule has 0 aliphatic carbocycles. The van der Waals surface area contributed by atoms with Crippen LogP contribution in [-0.4, -0.2) is 30.9 Å². The molecular weight excluding hydrogens is 400 g/mol. The fourth-order valence-corrected chi connectivity index (χ4v) is 4.05. The molecule has 0 atom stereocenters. The maximum Gasteiger partial charge on any atom is 0.258 e. The molecule has 0 radical (unpaired) electrons. The minimum Gasteiger partial charge on any atom is -0.463 e. The number of hydrogen-bond donors (Lipinski definition) is 1. The van der Waals surface area contributed by atoms with E-state index >= 15 is 0 Å². The van der Waals surface area contributed by atoms with E-state index in [2.05, 4.69) is 25.6 Å². The van der Waals surface area contributed by atoms with E-state index in [4.69, 9.17) is 4.42 Å². The predicted octanol–water partition coefficient (Wildman–Crippen LogP) is 4.31. The second kappa shape index (κ2) is 7.20. The number of furan rings is 1. The predicted molar refractivity (Wildman–Crippen MR) is 114 cm³/mol. The van der Waals surface area contributed by atoms with Crippen molar-refractivity contribution in [2.24, 2.45) is 7.05 Å². The van der Waals surface area contributed by atoms with Gasteiger partial charge in [0.2, 0.25) is 5.13 Å². The van der Waals surface area contributed by atoms with Crippen LogP contribution < -0.4 is 5.32 Å². The van der Waals surface area contributed by atoms with E-state index in [0.717, 1.165) is 16.3 Å². The van der Waals surface area contributed by atoms with E-state index in [1.165, 1.54) is 11.3 Å². The summed E-state index contributed by atoms with van der Waals surface area (Å²) in [4.78, 5) is 17.8. The molecule has 1 aromatic carbocycles. The lowest BCUT2D eigenvalue weighted by atomic mass is 10.1. The van der Waals surface area contributed by atoms with E-state index in [9.17, 15) is 4.79 Å². The summed E-state index contributed by atoms with van der Waals surface area (Å²) in [6.07, 6.45) is 1.57. The highest BCUT2D eigenvalue weighted by Crippen LogP contribution is 2.29. The van der Waals surface area contributed by atoms with Crippen LogP contribution in [0.15, 0.2) is 59.2 Å². The summed E-state index contributed by atoms with van der Waals surface area (Å²) in [7, 11) is 1.80. The molecule has 1 N–H and O–H groups in total. The molecule has 5 aromatic rings. The highest BCUT2D eigenvalue weighted by atomic mass is 32.1. The molecule has 0 spiro atoms. The summed E-state index contributed by atoms with van der Waals surface area (Å²) in [5, 5.41) is 17.4. The number of hydrogen-bond acceptors (Lipinski definition) is 7. The quantitative estimate of drug-likeness (QED) is 0.469. The van der Waals surface area contributed by atoms with Crippen molar-refractivity contribution in [1.82, 2.24) is 25.0 Å². The number of rotatable bonds is 4. The Labute approximate surface area is 175 Å². The summed E-state index contributed by atoms with van der Waals surface area (Å²) in [6.45, 7) is 1.85. The van der Waals surface area contributed by atoms with Gasteiger partial charge in [-0.2, -0.15) is 5.10 Å². The average Bonchev–Trinajstić information content (AvgIpc) is 3.50. The number of aromatic nitrogens is 5. The molecule has 4 aromatic heterocycles. The Morgan fingerprint density at radius 2 is 1.97 bits per heavy atom. The molecular formula is C21H16N6O2S. The lowest BCUT2D eigenvalue weighted by Crippen LogP contribution is -2.13. The third-order valence-corrected chi connectivity index (χ3v) is 5.54. The second-order valence-corrected chi connectivity index (χ2v) is 7.65. The summed E-state index contributed by atoms with van der Waals surface area (Å²) >= 11 is 1.32. The summed E-state index contributed by atoms with van der Waals surface area (Å²) < 4.78 is 7.14. The summed E-state index contributed by atoms with van der Waals surface area (Å²) in [6, 6.07) is 15.0. The Hall–Kier alpha value is -3.85. The molecule has 0 fully saturated rings. The lowest BCUT2D eigenvalue weighted by Gasteiger charge is -2.06.